The predicted octanol–water partition coefficient (Wildman–Crippen LogP) is 5.19. The molecule has 2 aromatic carbocycles. The summed E-state index contributed by atoms with van der Waals surface area (Å²) in [6.45, 7) is 6.64. The molecule has 0 amide bonds. The van der Waals surface area contributed by atoms with E-state index in [1.807, 2.05) is 0 Å². The number of piperidine rings is 1. The average Bonchev–Trinajstić information content (AvgIpc) is 3.04. The van der Waals surface area contributed by atoms with E-state index in [1.54, 1.807) is 0 Å². The second-order valence-electron chi connectivity index (χ2n) is 7.30. The van der Waals surface area contributed by atoms with Gasteiger partial charge in [0.05, 0.1) is 12.1 Å². The van der Waals surface area contributed by atoms with Gasteiger partial charge in [0, 0.05) is 23.8 Å². The summed E-state index contributed by atoms with van der Waals surface area (Å²) in [5.41, 5.74) is 3.73. The zero-order valence-electron chi connectivity index (χ0n) is 15.7. The summed E-state index contributed by atoms with van der Waals surface area (Å²) in [6.07, 6.45) is 7.42. The van der Waals surface area contributed by atoms with E-state index < -0.39 is 0 Å². The van der Waals surface area contributed by atoms with Crippen molar-refractivity contribution in [3.8, 4) is 11.4 Å². The Morgan fingerprint density at radius 2 is 1.69 bits per heavy atom. The maximum Gasteiger partial charge on any atom is 0.119 e. The van der Waals surface area contributed by atoms with Crippen LogP contribution in [0.3, 0.4) is 0 Å². The average molecular weight is 348 g/mol. The van der Waals surface area contributed by atoms with Crippen LogP contribution in [0.4, 0.5) is 0 Å². The van der Waals surface area contributed by atoms with Crippen LogP contribution in [-0.2, 0) is 0 Å². The molecule has 0 unspecified atom stereocenters. The quantitative estimate of drug-likeness (QED) is 0.570. The first kappa shape index (κ1) is 17.2. The lowest BCUT2D eigenvalue weighted by Crippen LogP contribution is -2.31. The van der Waals surface area contributed by atoms with Gasteiger partial charge in [-0.15, -0.1) is 0 Å². The molecule has 2 heterocycles. The summed E-state index contributed by atoms with van der Waals surface area (Å²) < 4.78 is 8.20. The molecule has 0 N–H and O–H groups in total. The molecular formula is C23H28N2O. The number of nitrogens with zero attached hydrogens (tertiary/aromatic N) is 2. The standard InChI is InChI=1S/C23H28N2O/c1-19-18-25(23-9-4-3-8-22(19)23)20-10-12-21(13-11-20)26-17-7-16-24-14-5-2-6-15-24/h3-4,8-13,18H,2,5-7,14-17H2,1H3. The van der Waals surface area contributed by atoms with Crippen molar-refractivity contribution in [1.82, 2.24) is 9.47 Å². The Balaban J connectivity index is 1.36. The third-order valence-electron chi connectivity index (χ3n) is 5.36. The maximum atomic E-state index is 5.94. The van der Waals surface area contributed by atoms with Crippen LogP contribution in [0, 0.1) is 6.92 Å². The molecule has 0 spiro atoms. The van der Waals surface area contributed by atoms with Crippen molar-refractivity contribution in [2.24, 2.45) is 0 Å². The van der Waals surface area contributed by atoms with Crippen LogP contribution in [0.2, 0.25) is 0 Å². The Hall–Kier alpha value is -2.26. The molecule has 0 saturated carbocycles. The Morgan fingerprint density at radius 3 is 2.50 bits per heavy atom. The fraction of sp³-hybridized carbons (Fsp3) is 0.391. The summed E-state index contributed by atoms with van der Waals surface area (Å²) in [4.78, 5) is 2.56. The van der Waals surface area contributed by atoms with Gasteiger partial charge in [-0.1, -0.05) is 24.6 Å². The molecule has 1 aliphatic rings. The number of hydrogen-bond acceptors (Lipinski definition) is 2. The normalized spacial score (nSPS) is 15.4. The van der Waals surface area contributed by atoms with E-state index >= 15 is 0 Å². The van der Waals surface area contributed by atoms with E-state index in [2.05, 4.69) is 71.1 Å². The van der Waals surface area contributed by atoms with Gasteiger partial charge in [-0.3, -0.25) is 0 Å². The van der Waals surface area contributed by atoms with Gasteiger partial charge in [-0.25, -0.2) is 0 Å². The number of aryl methyl sites for hydroxylation is 1. The molecule has 0 radical (unpaired) electrons. The molecule has 1 aliphatic heterocycles. The van der Waals surface area contributed by atoms with Crippen molar-refractivity contribution in [2.75, 3.05) is 26.2 Å². The highest BCUT2D eigenvalue weighted by atomic mass is 16.5. The minimum Gasteiger partial charge on any atom is -0.494 e. The summed E-state index contributed by atoms with van der Waals surface area (Å²) in [5.74, 6) is 0.959. The number of para-hydroxylation sites is 1. The van der Waals surface area contributed by atoms with Gasteiger partial charge in [0.1, 0.15) is 5.75 Å². The number of benzene rings is 2. The highest BCUT2D eigenvalue weighted by molar-refractivity contribution is 5.85. The number of fused-ring (bicyclic) bond motifs is 1. The van der Waals surface area contributed by atoms with Crippen LogP contribution in [0.15, 0.2) is 54.7 Å². The fourth-order valence-electron chi connectivity index (χ4n) is 3.93. The van der Waals surface area contributed by atoms with Crippen LogP contribution in [0.1, 0.15) is 31.2 Å². The summed E-state index contributed by atoms with van der Waals surface area (Å²) in [5, 5.41) is 1.31. The molecule has 4 rings (SSSR count). The van der Waals surface area contributed by atoms with Crippen LogP contribution in [-0.4, -0.2) is 35.7 Å². The number of aromatic nitrogens is 1. The second kappa shape index (κ2) is 7.96. The number of hydrogen-bond donors (Lipinski definition) is 0. The maximum absolute atomic E-state index is 5.94. The molecule has 1 fully saturated rings. The van der Waals surface area contributed by atoms with Gasteiger partial charge >= 0.3 is 0 Å². The third kappa shape index (κ3) is 3.78. The molecule has 136 valence electrons. The molecule has 0 bridgehead atoms. The Labute approximate surface area is 156 Å². The van der Waals surface area contributed by atoms with E-state index in [4.69, 9.17) is 4.74 Å². The van der Waals surface area contributed by atoms with Crippen molar-refractivity contribution < 1.29 is 4.74 Å². The van der Waals surface area contributed by atoms with Crippen LogP contribution in [0.25, 0.3) is 16.6 Å². The number of likely N-dealkylation sites (tertiary alicyclic amines) is 1. The fourth-order valence-corrected chi connectivity index (χ4v) is 3.93. The van der Waals surface area contributed by atoms with E-state index in [9.17, 15) is 0 Å². The Kier molecular flexibility index (Phi) is 5.26. The van der Waals surface area contributed by atoms with E-state index in [0.717, 1.165) is 25.3 Å². The number of rotatable bonds is 6. The van der Waals surface area contributed by atoms with Crippen molar-refractivity contribution in [1.29, 1.82) is 0 Å². The highest BCUT2D eigenvalue weighted by Gasteiger charge is 2.09. The lowest BCUT2D eigenvalue weighted by atomic mass is 10.1. The van der Waals surface area contributed by atoms with Crippen molar-refractivity contribution in [3.63, 3.8) is 0 Å². The van der Waals surface area contributed by atoms with Gasteiger partial charge in [-0.05, 0) is 75.2 Å². The molecule has 3 heteroatoms. The predicted molar refractivity (Wildman–Crippen MR) is 108 cm³/mol. The summed E-state index contributed by atoms with van der Waals surface area (Å²) in [7, 11) is 0. The SMILES string of the molecule is Cc1cn(-c2ccc(OCCCN3CCCCC3)cc2)c2ccccc12. The first-order valence-electron chi connectivity index (χ1n) is 9.83. The monoisotopic (exact) mass is 348 g/mol. The van der Waals surface area contributed by atoms with Gasteiger partial charge in [-0.2, -0.15) is 0 Å². The van der Waals surface area contributed by atoms with E-state index in [1.165, 1.54) is 54.5 Å². The Morgan fingerprint density at radius 1 is 0.923 bits per heavy atom. The topological polar surface area (TPSA) is 17.4 Å². The highest BCUT2D eigenvalue weighted by Crippen LogP contribution is 2.25. The molecular weight excluding hydrogens is 320 g/mol. The lowest BCUT2D eigenvalue weighted by molar-refractivity contribution is 0.205. The van der Waals surface area contributed by atoms with Gasteiger partial charge in [0.25, 0.3) is 0 Å². The van der Waals surface area contributed by atoms with E-state index in [0.29, 0.717) is 0 Å². The van der Waals surface area contributed by atoms with Crippen molar-refractivity contribution in [2.45, 2.75) is 32.6 Å². The smallest absolute Gasteiger partial charge is 0.119 e. The zero-order valence-corrected chi connectivity index (χ0v) is 15.7. The Bertz CT molecular complexity index is 844. The molecule has 1 saturated heterocycles. The van der Waals surface area contributed by atoms with Gasteiger partial charge in [0.2, 0.25) is 0 Å². The molecule has 0 atom stereocenters. The largest absolute Gasteiger partial charge is 0.494 e. The lowest BCUT2D eigenvalue weighted by Gasteiger charge is -2.26. The van der Waals surface area contributed by atoms with E-state index in [-0.39, 0.29) is 0 Å². The van der Waals surface area contributed by atoms with Crippen LogP contribution >= 0.6 is 0 Å². The minimum absolute atomic E-state index is 0.793. The number of ether oxygens (including phenoxy) is 1. The van der Waals surface area contributed by atoms with Crippen molar-refractivity contribution in [3.05, 3.63) is 60.3 Å². The first-order valence-corrected chi connectivity index (χ1v) is 9.83. The summed E-state index contributed by atoms with van der Waals surface area (Å²) >= 11 is 0. The molecule has 1 aromatic heterocycles. The van der Waals surface area contributed by atoms with Crippen LogP contribution in [0.5, 0.6) is 5.75 Å². The van der Waals surface area contributed by atoms with Gasteiger partial charge in [0.15, 0.2) is 0 Å². The minimum atomic E-state index is 0.793. The zero-order chi connectivity index (χ0) is 17.8. The van der Waals surface area contributed by atoms with Gasteiger partial charge < -0.3 is 14.2 Å². The second-order valence-corrected chi connectivity index (χ2v) is 7.30. The summed E-state index contributed by atoms with van der Waals surface area (Å²) in [6, 6.07) is 17.0. The molecule has 3 aromatic rings. The molecule has 0 aliphatic carbocycles. The first-order chi connectivity index (χ1) is 12.8. The molecule has 26 heavy (non-hydrogen) atoms. The third-order valence-corrected chi connectivity index (χ3v) is 5.36. The molecule has 3 nitrogen and oxygen atoms in total. The van der Waals surface area contributed by atoms with Crippen molar-refractivity contribution >= 4 is 10.9 Å². The van der Waals surface area contributed by atoms with Crippen LogP contribution < -0.4 is 4.74 Å².